The highest BCUT2D eigenvalue weighted by Gasteiger charge is 2.39. The minimum atomic E-state index is -3.93. The molecule has 2 atom stereocenters. The van der Waals surface area contributed by atoms with Crippen molar-refractivity contribution in [3.8, 4) is 0 Å². The number of hydrogen-bond acceptors (Lipinski definition) is 6. The van der Waals surface area contributed by atoms with E-state index in [4.69, 9.17) is 5.84 Å². The number of rotatable bonds is 6. The summed E-state index contributed by atoms with van der Waals surface area (Å²) in [6, 6.07) is 9.38. The summed E-state index contributed by atoms with van der Waals surface area (Å²) in [7, 11) is -3.93. The fraction of sp³-hybridized carbons (Fsp3) is 0.381. The van der Waals surface area contributed by atoms with Gasteiger partial charge in [0.1, 0.15) is 0 Å². The van der Waals surface area contributed by atoms with Gasteiger partial charge in [0.25, 0.3) is 5.91 Å². The topological polar surface area (TPSA) is 129 Å². The van der Waals surface area contributed by atoms with E-state index < -0.39 is 16.1 Å². The molecule has 1 fully saturated rings. The maximum absolute atomic E-state index is 13.7. The molecule has 2 amide bonds. The highest BCUT2D eigenvalue weighted by atomic mass is 32.2. The number of amides is 2. The summed E-state index contributed by atoms with van der Waals surface area (Å²) in [5.74, 6) is 4.66. The summed E-state index contributed by atoms with van der Waals surface area (Å²) in [4.78, 5) is 29.4. The second-order valence-electron chi connectivity index (χ2n) is 7.84. The van der Waals surface area contributed by atoms with Gasteiger partial charge in [-0.1, -0.05) is 12.1 Å². The van der Waals surface area contributed by atoms with E-state index >= 15 is 0 Å². The lowest BCUT2D eigenvalue weighted by atomic mass is 10.1. The number of carbonyl (C=O) groups excluding carboxylic acids is 2. The van der Waals surface area contributed by atoms with Crippen LogP contribution in [0.15, 0.2) is 48.8 Å². The fourth-order valence-corrected chi connectivity index (χ4v) is 5.81. The van der Waals surface area contributed by atoms with Crippen molar-refractivity contribution in [2.24, 2.45) is 5.84 Å². The second kappa shape index (κ2) is 9.63. The third kappa shape index (κ3) is 4.90. The average molecular weight is 461 g/mol. The number of carbonyl (C=O) groups is 2. The highest BCUT2D eigenvalue weighted by molar-refractivity contribution is 7.90. The molecule has 0 spiro atoms. The molecule has 0 aliphatic carbocycles. The Hall–Kier alpha value is -3.02. The molecule has 3 rings (SSSR count). The third-order valence-electron chi connectivity index (χ3n) is 5.46. The first-order valence-corrected chi connectivity index (χ1v) is 11.6. The fourth-order valence-electron chi connectivity index (χ4n) is 4.04. The van der Waals surface area contributed by atoms with E-state index in [0.717, 1.165) is 0 Å². The molecule has 0 bridgehead atoms. The number of aromatic nitrogens is 1. The van der Waals surface area contributed by atoms with Gasteiger partial charge in [-0.05, 0) is 43.7 Å². The predicted octanol–water partition coefficient (Wildman–Crippen LogP) is 0.878. The van der Waals surface area contributed by atoms with E-state index in [-0.39, 0.29) is 37.6 Å². The van der Waals surface area contributed by atoms with Crippen molar-refractivity contribution in [3.63, 3.8) is 0 Å². The number of pyridine rings is 1. The molecule has 0 saturated carbocycles. The van der Waals surface area contributed by atoms with Crippen LogP contribution in [0.1, 0.15) is 36.7 Å². The average Bonchev–Trinajstić information content (AvgIpc) is 2.77. The molecule has 0 unspecified atom stereocenters. The monoisotopic (exact) mass is 460 g/mol. The van der Waals surface area contributed by atoms with Crippen molar-refractivity contribution in [2.45, 2.75) is 39.4 Å². The van der Waals surface area contributed by atoms with Crippen molar-refractivity contribution >= 4 is 27.7 Å². The minimum absolute atomic E-state index is 0.0498. The van der Waals surface area contributed by atoms with Crippen LogP contribution in [0.3, 0.4) is 0 Å². The maximum atomic E-state index is 13.7. The van der Waals surface area contributed by atoms with Gasteiger partial charge in [-0.15, -0.1) is 0 Å². The molecule has 3 N–H and O–H groups in total. The molecule has 2 aromatic rings. The van der Waals surface area contributed by atoms with E-state index in [1.807, 2.05) is 13.8 Å². The Morgan fingerprint density at radius 3 is 2.28 bits per heavy atom. The molecule has 172 valence electrons. The van der Waals surface area contributed by atoms with Crippen LogP contribution in [0, 0.1) is 0 Å². The van der Waals surface area contributed by atoms with Crippen molar-refractivity contribution < 1.29 is 18.0 Å². The van der Waals surface area contributed by atoms with Gasteiger partial charge in [-0.3, -0.25) is 24.3 Å². The standard InChI is InChI=1S/C21H28N6O4S/c1-15-12-25(13-16(2)27(15)17(3)28)32(30,31)26(20-5-4-10-23-11-20)14-18-6-8-19(9-7-18)21(29)24-22/h4-11,15-16H,12-14,22H2,1-3H3,(H,24,29)/t15-,16+. The Kier molecular flexibility index (Phi) is 7.12. The van der Waals surface area contributed by atoms with Gasteiger partial charge in [0.15, 0.2) is 0 Å². The molecular weight excluding hydrogens is 432 g/mol. The zero-order chi connectivity index (χ0) is 23.5. The van der Waals surface area contributed by atoms with Crippen molar-refractivity contribution in [1.82, 2.24) is 19.6 Å². The van der Waals surface area contributed by atoms with Gasteiger partial charge in [-0.2, -0.15) is 12.7 Å². The van der Waals surface area contributed by atoms with Crippen LogP contribution in [0.4, 0.5) is 5.69 Å². The normalized spacial score (nSPS) is 19.4. The van der Waals surface area contributed by atoms with Crippen LogP contribution >= 0.6 is 0 Å². The summed E-state index contributed by atoms with van der Waals surface area (Å²) in [5, 5.41) is 0. The molecule has 1 aliphatic heterocycles. The molecule has 10 nitrogen and oxygen atoms in total. The first kappa shape index (κ1) is 23.6. The summed E-state index contributed by atoms with van der Waals surface area (Å²) in [6.45, 7) is 5.61. The number of nitrogens with two attached hydrogens (primary N) is 1. The van der Waals surface area contributed by atoms with E-state index in [2.05, 4.69) is 10.4 Å². The predicted molar refractivity (Wildman–Crippen MR) is 120 cm³/mol. The molecule has 1 aliphatic rings. The SMILES string of the molecule is CC(=O)N1[C@H](C)CN(S(=O)(=O)N(Cc2ccc(C(=O)NN)cc2)c2cccnc2)C[C@@H]1C. The minimum Gasteiger partial charge on any atom is -0.335 e. The van der Waals surface area contributed by atoms with Gasteiger partial charge in [-0.25, -0.2) is 5.84 Å². The van der Waals surface area contributed by atoms with Gasteiger partial charge >= 0.3 is 10.2 Å². The van der Waals surface area contributed by atoms with Crippen molar-refractivity contribution in [3.05, 3.63) is 59.9 Å². The van der Waals surface area contributed by atoms with Gasteiger partial charge in [0.2, 0.25) is 5.91 Å². The molecule has 11 heteroatoms. The largest absolute Gasteiger partial charge is 0.335 e. The molecule has 2 heterocycles. The molecule has 0 radical (unpaired) electrons. The summed E-state index contributed by atoms with van der Waals surface area (Å²) in [5.41, 5.74) is 3.55. The molecule has 1 aromatic carbocycles. The van der Waals surface area contributed by atoms with E-state index in [1.54, 1.807) is 47.5 Å². The Balaban J connectivity index is 1.92. The maximum Gasteiger partial charge on any atom is 0.304 e. The van der Waals surface area contributed by atoms with Gasteiger partial charge in [0, 0.05) is 43.9 Å². The number of hydrogen-bond donors (Lipinski definition) is 2. The first-order valence-electron chi connectivity index (χ1n) is 10.2. The second-order valence-corrected chi connectivity index (χ2v) is 9.69. The smallest absolute Gasteiger partial charge is 0.304 e. The number of nitrogens with zero attached hydrogens (tertiary/aromatic N) is 4. The quantitative estimate of drug-likeness (QED) is 0.374. The number of hydrazine groups is 1. The molecule has 32 heavy (non-hydrogen) atoms. The summed E-state index contributed by atoms with van der Waals surface area (Å²) < 4.78 is 30.1. The van der Waals surface area contributed by atoms with Crippen LogP contribution < -0.4 is 15.6 Å². The zero-order valence-corrected chi connectivity index (χ0v) is 19.1. The third-order valence-corrected chi connectivity index (χ3v) is 7.31. The Bertz CT molecular complexity index is 1050. The lowest BCUT2D eigenvalue weighted by Crippen LogP contribution is -2.61. The lowest BCUT2D eigenvalue weighted by Gasteiger charge is -2.44. The zero-order valence-electron chi connectivity index (χ0n) is 18.3. The van der Waals surface area contributed by atoms with Crippen LogP contribution in [0.25, 0.3) is 0 Å². The number of nitrogen functional groups attached to an aromatic ring is 1. The number of nitrogens with one attached hydrogen (secondary N) is 1. The van der Waals surface area contributed by atoms with Gasteiger partial charge in [0.05, 0.1) is 18.4 Å². The van der Waals surface area contributed by atoms with Crippen LogP contribution in [0.2, 0.25) is 0 Å². The molecule has 1 aromatic heterocycles. The first-order chi connectivity index (χ1) is 15.1. The summed E-state index contributed by atoms with van der Waals surface area (Å²) >= 11 is 0. The van der Waals surface area contributed by atoms with Gasteiger partial charge < -0.3 is 4.90 Å². The highest BCUT2D eigenvalue weighted by Crippen LogP contribution is 2.26. The van der Waals surface area contributed by atoms with Crippen LogP contribution in [-0.4, -0.2) is 59.6 Å². The van der Waals surface area contributed by atoms with Crippen molar-refractivity contribution in [2.75, 3.05) is 17.4 Å². The van der Waals surface area contributed by atoms with E-state index in [0.29, 0.717) is 16.8 Å². The Morgan fingerprint density at radius 2 is 1.78 bits per heavy atom. The number of anilines is 1. The van der Waals surface area contributed by atoms with E-state index in [9.17, 15) is 18.0 Å². The van der Waals surface area contributed by atoms with E-state index in [1.165, 1.54) is 21.7 Å². The van der Waals surface area contributed by atoms with Crippen molar-refractivity contribution in [1.29, 1.82) is 0 Å². The Morgan fingerprint density at radius 1 is 1.16 bits per heavy atom. The Labute approximate surface area is 188 Å². The number of benzene rings is 1. The molecule has 1 saturated heterocycles. The number of piperazine rings is 1. The molecular formula is C21H28N6O4S. The lowest BCUT2D eigenvalue weighted by molar-refractivity contribution is -0.135. The van der Waals surface area contributed by atoms with Crippen LogP contribution in [0.5, 0.6) is 0 Å². The van der Waals surface area contributed by atoms with Crippen LogP contribution in [-0.2, 0) is 21.5 Å². The summed E-state index contributed by atoms with van der Waals surface area (Å²) in [6.07, 6.45) is 3.07.